The summed E-state index contributed by atoms with van der Waals surface area (Å²) in [6.07, 6.45) is 3.23. The highest BCUT2D eigenvalue weighted by Gasteiger charge is 2.00. The summed E-state index contributed by atoms with van der Waals surface area (Å²) in [6.45, 7) is 6.25. The Hall–Kier alpha value is -1.79. The average molecular weight is 244 g/mol. The van der Waals surface area contributed by atoms with E-state index in [-0.39, 0.29) is 5.97 Å². The Labute approximate surface area is 109 Å². The van der Waals surface area contributed by atoms with Gasteiger partial charge in [0.05, 0.1) is 0 Å². The SMILES string of the molecule is CCCC(=O)OCC(C)=C=Cc1ccccc1C. The predicted octanol–water partition coefficient (Wildman–Crippen LogP) is 3.90. The Bertz CT molecular complexity index is 466. The molecular weight excluding hydrogens is 224 g/mol. The van der Waals surface area contributed by atoms with E-state index in [2.05, 4.69) is 18.7 Å². The lowest BCUT2D eigenvalue weighted by Gasteiger charge is -2.02. The molecule has 96 valence electrons. The van der Waals surface area contributed by atoms with Gasteiger partial charge in [-0.15, -0.1) is 5.73 Å². The van der Waals surface area contributed by atoms with E-state index in [1.54, 1.807) is 0 Å². The average Bonchev–Trinajstić information content (AvgIpc) is 2.36. The standard InChI is InChI=1S/C16H20O2/c1-4-7-16(17)18-12-13(2)10-11-15-9-6-5-8-14(15)3/h5-6,8-9,11H,4,7,12H2,1-3H3. The summed E-state index contributed by atoms with van der Waals surface area (Å²) in [5.74, 6) is -0.144. The normalized spacial score (nSPS) is 9.50. The summed E-state index contributed by atoms with van der Waals surface area (Å²) in [7, 11) is 0. The highest BCUT2D eigenvalue weighted by Crippen LogP contribution is 2.08. The van der Waals surface area contributed by atoms with Gasteiger partial charge in [0.2, 0.25) is 0 Å². The minimum Gasteiger partial charge on any atom is -0.460 e. The summed E-state index contributed by atoms with van der Waals surface area (Å²) in [4.78, 5) is 11.2. The molecule has 0 saturated carbocycles. The van der Waals surface area contributed by atoms with E-state index in [0.29, 0.717) is 13.0 Å². The van der Waals surface area contributed by atoms with Gasteiger partial charge in [0, 0.05) is 12.0 Å². The molecule has 2 nitrogen and oxygen atoms in total. The Balaban J connectivity index is 2.61. The van der Waals surface area contributed by atoms with Gasteiger partial charge in [0.1, 0.15) is 6.61 Å². The maximum absolute atomic E-state index is 11.2. The van der Waals surface area contributed by atoms with Crippen molar-refractivity contribution in [1.82, 2.24) is 0 Å². The minimum absolute atomic E-state index is 0.144. The zero-order valence-corrected chi connectivity index (χ0v) is 11.3. The van der Waals surface area contributed by atoms with Gasteiger partial charge < -0.3 is 4.74 Å². The third-order valence-corrected chi connectivity index (χ3v) is 2.57. The van der Waals surface area contributed by atoms with Crippen molar-refractivity contribution in [2.24, 2.45) is 0 Å². The summed E-state index contributed by atoms with van der Waals surface area (Å²) in [5, 5.41) is 0. The van der Waals surface area contributed by atoms with E-state index in [9.17, 15) is 4.79 Å². The molecular formula is C16H20O2. The summed E-state index contributed by atoms with van der Waals surface area (Å²) in [5.41, 5.74) is 6.42. The van der Waals surface area contributed by atoms with Crippen molar-refractivity contribution in [3.05, 3.63) is 46.7 Å². The van der Waals surface area contributed by atoms with Gasteiger partial charge in [-0.2, -0.15) is 0 Å². The van der Waals surface area contributed by atoms with Crippen LogP contribution in [0.5, 0.6) is 0 Å². The number of aryl methyl sites for hydroxylation is 1. The molecule has 0 unspecified atom stereocenters. The molecule has 0 saturated heterocycles. The van der Waals surface area contributed by atoms with Gasteiger partial charge in [0.15, 0.2) is 0 Å². The van der Waals surface area contributed by atoms with Crippen molar-refractivity contribution in [3.8, 4) is 0 Å². The summed E-state index contributed by atoms with van der Waals surface area (Å²) in [6, 6.07) is 8.11. The van der Waals surface area contributed by atoms with Crippen LogP contribution in [0.1, 0.15) is 37.8 Å². The molecule has 0 bridgehead atoms. The monoisotopic (exact) mass is 244 g/mol. The minimum atomic E-state index is -0.144. The number of hydrogen-bond acceptors (Lipinski definition) is 2. The fraction of sp³-hybridized carbons (Fsp3) is 0.375. The summed E-state index contributed by atoms with van der Waals surface area (Å²) >= 11 is 0. The van der Waals surface area contributed by atoms with E-state index in [4.69, 9.17) is 4.74 Å². The van der Waals surface area contributed by atoms with E-state index in [1.807, 2.05) is 38.1 Å². The maximum Gasteiger partial charge on any atom is 0.306 e. The van der Waals surface area contributed by atoms with Gasteiger partial charge in [-0.3, -0.25) is 4.79 Å². The number of ether oxygens (including phenoxy) is 1. The van der Waals surface area contributed by atoms with Crippen LogP contribution >= 0.6 is 0 Å². The smallest absolute Gasteiger partial charge is 0.306 e. The first kappa shape index (κ1) is 14.3. The molecule has 0 aliphatic heterocycles. The third kappa shape index (κ3) is 5.03. The van der Waals surface area contributed by atoms with Crippen LogP contribution in [0.15, 0.2) is 35.6 Å². The van der Waals surface area contributed by atoms with Gasteiger partial charge in [-0.25, -0.2) is 0 Å². The van der Waals surface area contributed by atoms with Crippen LogP contribution in [0.4, 0.5) is 0 Å². The lowest BCUT2D eigenvalue weighted by atomic mass is 10.1. The topological polar surface area (TPSA) is 26.3 Å². The quantitative estimate of drug-likeness (QED) is 0.580. The fourth-order valence-electron chi connectivity index (χ4n) is 1.46. The van der Waals surface area contributed by atoms with Crippen LogP contribution in [0.3, 0.4) is 0 Å². The Kier molecular flexibility index (Phi) is 5.96. The van der Waals surface area contributed by atoms with Crippen molar-refractivity contribution in [1.29, 1.82) is 0 Å². The van der Waals surface area contributed by atoms with Gasteiger partial charge in [-0.05, 0) is 37.5 Å². The van der Waals surface area contributed by atoms with Crippen LogP contribution in [0.2, 0.25) is 0 Å². The third-order valence-electron chi connectivity index (χ3n) is 2.57. The summed E-state index contributed by atoms with van der Waals surface area (Å²) < 4.78 is 5.10. The van der Waals surface area contributed by atoms with Crippen LogP contribution in [0, 0.1) is 6.92 Å². The molecule has 0 aliphatic rings. The first-order chi connectivity index (χ1) is 8.63. The molecule has 0 heterocycles. The zero-order chi connectivity index (χ0) is 13.4. The van der Waals surface area contributed by atoms with Crippen LogP contribution in [0.25, 0.3) is 6.08 Å². The molecule has 0 aliphatic carbocycles. The number of carbonyl (C=O) groups is 1. The second kappa shape index (κ2) is 7.52. The molecule has 0 amide bonds. The number of esters is 1. The molecule has 1 rings (SSSR count). The first-order valence-electron chi connectivity index (χ1n) is 6.27. The van der Waals surface area contributed by atoms with E-state index < -0.39 is 0 Å². The highest BCUT2D eigenvalue weighted by atomic mass is 16.5. The molecule has 0 radical (unpaired) electrons. The number of hydrogen-bond donors (Lipinski definition) is 0. The molecule has 0 atom stereocenters. The second-order valence-electron chi connectivity index (χ2n) is 4.34. The predicted molar refractivity (Wildman–Crippen MR) is 74.2 cm³/mol. The number of carbonyl (C=O) groups excluding carboxylic acids is 1. The molecule has 18 heavy (non-hydrogen) atoms. The van der Waals surface area contributed by atoms with E-state index in [1.165, 1.54) is 5.56 Å². The molecule has 1 aromatic carbocycles. The molecule has 0 aromatic heterocycles. The highest BCUT2D eigenvalue weighted by molar-refractivity contribution is 5.69. The van der Waals surface area contributed by atoms with Gasteiger partial charge in [0.25, 0.3) is 0 Å². The van der Waals surface area contributed by atoms with Crippen molar-refractivity contribution in [2.75, 3.05) is 6.61 Å². The molecule has 2 heteroatoms. The van der Waals surface area contributed by atoms with Gasteiger partial charge >= 0.3 is 5.97 Å². The van der Waals surface area contributed by atoms with Crippen LogP contribution in [-0.2, 0) is 9.53 Å². The van der Waals surface area contributed by atoms with Crippen molar-refractivity contribution < 1.29 is 9.53 Å². The number of benzene rings is 1. The molecule has 0 fully saturated rings. The second-order valence-corrected chi connectivity index (χ2v) is 4.34. The van der Waals surface area contributed by atoms with Crippen molar-refractivity contribution in [2.45, 2.75) is 33.6 Å². The van der Waals surface area contributed by atoms with Crippen molar-refractivity contribution >= 4 is 12.0 Å². The number of rotatable bonds is 5. The van der Waals surface area contributed by atoms with Crippen LogP contribution < -0.4 is 0 Å². The van der Waals surface area contributed by atoms with Crippen molar-refractivity contribution in [3.63, 3.8) is 0 Å². The van der Waals surface area contributed by atoms with E-state index in [0.717, 1.165) is 17.6 Å². The maximum atomic E-state index is 11.2. The molecule has 0 N–H and O–H groups in total. The Morgan fingerprint density at radius 1 is 1.39 bits per heavy atom. The lowest BCUT2D eigenvalue weighted by Crippen LogP contribution is -2.05. The largest absolute Gasteiger partial charge is 0.460 e. The first-order valence-corrected chi connectivity index (χ1v) is 6.27. The zero-order valence-electron chi connectivity index (χ0n) is 11.3. The van der Waals surface area contributed by atoms with E-state index >= 15 is 0 Å². The van der Waals surface area contributed by atoms with Crippen LogP contribution in [-0.4, -0.2) is 12.6 Å². The fourth-order valence-corrected chi connectivity index (χ4v) is 1.46. The van der Waals surface area contributed by atoms with Gasteiger partial charge in [-0.1, -0.05) is 31.2 Å². The Morgan fingerprint density at radius 2 is 2.11 bits per heavy atom. The Morgan fingerprint density at radius 3 is 2.78 bits per heavy atom. The molecule has 1 aromatic rings. The lowest BCUT2D eigenvalue weighted by molar-refractivity contribution is -0.142. The molecule has 0 spiro atoms.